The van der Waals surface area contributed by atoms with Gasteiger partial charge in [-0.2, -0.15) is 0 Å². The number of aryl methyl sites for hydroxylation is 2. The van der Waals surface area contributed by atoms with Crippen molar-refractivity contribution in [3.05, 3.63) is 17.2 Å². The molecule has 0 spiro atoms. The number of imidazole rings is 1. The third kappa shape index (κ3) is 3.19. The average molecular weight is 263 g/mol. The Morgan fingerprint density at radius 3 is 2.68 bits per heavy atom. The Morgan fingerprint density at radius 1 is 1.32 bits per heavy atom. The molecule has 3 nitrogen and oxygen atoms in total. The van der Waals surface area contributed by atoms with E-state index < -0.39 is 0 Å². The SMILES string of the molecule is CCC(C)(C)NCC(C)n1c(C)nc2c1CCCC2. The summed E-state index contributed by atoms with van der Waals surface area (Å²) in [5.41, 5.74) is 3.07. The summed E-state index contributed by atoms with van der Waals surface area (Å²) in [4.78, 5) is 4.77. The van der Waals surface area contributed by atoms with E-state index >= 15 is 0 Å². The summed E-state index contributed by atoms with van der Waals surface area (Å²) in [6.45, 7) is 12.3. The van der Waals surface area contributed by atoms with Gasteiger partial charge >= 0.3 is 0 Å². The van der Waals surface area contributed by atoms with E-state index in [9.17, 15) is 0 Å². The molecular weight excluding hydrogens is 234 g/mol. The Morgan fingerprint density at radius 2 is 2.00 bits per heavy atom. The maximum absolute atomic E-state index is 4.77. The topological polar surface area (TPSA) is 29.9 Å². The standard InChI is InChI=1S/C16H29N3/c1-6-16(4,5)17-11-12(2)19-13(3)18-14-9-7-8-10-15(14)19/h12,17H,6-11H2,1-5H3. The van der Waals surface area contributed by atoms with Crippen LogP contribution in [0.25, 0.3) is 0 Å². The second-order valence-corrected chi connectivity index (χ2v) is 6.60. The lowest BCUT2D eigenvalue weighted by molar-refractivity contribution is 0.339. The van der Waals surface area contributed by atoms with Crippen molar-refractivity contribution in [2.24, 2.45) is 0 Å². The first kappa shape index (κ1) is 14.6. The Kier molecular flexibility index (Phi) is 4.34. The Hall–Kier alpha value is -0.830. The van der Waals surface area contributed by atoms with Crippen molar-refractivity contribution in [2.75, 3.05) is 6.54 Å². The molecule has 0 aromatic carbocycles. The zero-order chi connectivity index (χ0) is 14.0. The molecule has 1 heterocycles. The van der Waals surface area contributed by atoms with E-state index in [-0.39, 0.29) is 5.54 Å². The second kappa shape index (κ2) is 5.66. The first-order valence-electron chi connectivity index (χ1n) is 7.76. The molecule has 0 saturated carbocycles. The van der Waals surface area contributed by atoms with Gasteiger partial charge in [0, 0.05) is 23.8 Å². The van der Waals surface area contributed by atoms with E-state index in [4.69, 9.17) is 4.98 Å². The fourth-order valence-electron chi connectivity index (χ4n) is 2.92. The monoisotopic (exact) mass is 263 g/mol. The summed E-state index contributed by atoms with van der Waals surface area (Å²) >= 11 is 0. The molecule has 3 heteroatoms. The van der Waals surface area contributed by atoms with Crippen molar-refractivity contribution < 1.29 is 0 Å². The summed E-state index contributed by atoms with van der Waals surface area (Å²) < 4.78 is 2.47. The fourth-order valence-corrected chi connectivity index (χ4v) is 2.92. The van der Waals surface area contributed by atoms with E-state index in [2.05, 4.69) is 44.5 Å². The van der Waals surface area contributed by atoms with Crippen LogP contribution in [0.4, 0.5) is 0 Å². The van der Waals surface area contributed by atoms with Gasteiger partial charge in [0.15, 0.2) is 0 Å². The smallest absolute Gasteiger partial charge is 0.106 e. The molecule has 0 bridgehead atoms. The molecule has 0 amide bonds. The summed E-state index contributed by atoms with van der Waals surface area (Å²) in [6, 6.07) is 0.486. The lowest BCUT2D eigenvalue weighted by Gasteiger charge is -2.28. The molecule has 0 saturated heterocycles. The molecule has 1 aromatic heterocycles. The molecule has 108 valence electrons. The average Bonchev–Trinajstić information content (AvgIpc) is 2.72. The molecule has 1 N–H and O–H groups in total. The Bertz CT molecular complexity index is 431. The first-order valence-corrected chi connectivity index (χ1v) is 7.76. The zero-order valence-electron chi connectivity index (χ0n) is 13.2. The zero-order valence-corrected chi connectivity index (χ0v) is 13.2. The van der Waals surface area contributed by atoms with Gasteiger partial charge in [-0.25, -0.2) is 4.98 Å². The van der Waals surface area contributed by atoms with Gasteiger partial charge in [-0.1, -0.05) is 6.92 Å². The Labute approximate surface area is 117 Å². The minimum Gasteiger partial charge on any atom is -0.328 e. The van der Waals surface area contributed by atoms with Crippen LogP contribution in [-0.2, 0) is 12.8 Å². The minimum absolute atomic E-state index is 0.225. The molecule has 1 unspecified atom stereocenters. The molecule has 1 atom stereocenters. The molecule has 2 rings (SSSR count). The maximum atomic E-state index is 4.77. The van der Waals surface area contributed by atoms with Crippen LogP contribution in [0.3, 0.4) is 0 Å². The van der Waals surface area contributed by atoms with E-state index in [1.165, 1.54) is 42.9 Å². The van der Waals surface area contributed by atoms with Crippen molar-refractivity contribution in [2.45, 2.75) is 78.3 Å². The van der Waals surface area contributed by atoms with Crippen LogP contribution in [-0.4, -0.2) is 21.6 Å². The molecule has 19 heavy (non-hydrogen) atoms. The van der Waals surface area contributed by atoms with Crippen LogP contribution in [0.1, 0.15) is 70.2 Å². The number of rotatable bonds is 5. The summed E-state index contributed by atoms with van der Waals surface area (Å²) in [6.07, 6.45) is 6.15. The van der Waals surface area contributed by atoms with Gasteiger partial charge in [0.05, 0.1) is 5.69 Å². The van der Waals surface area contributed by atoms with Gasteiger partial charge < -0.3 is 9.88 Å². The first-order chi connectivity index (χ1) is 8.94. The highest BCUT2D eigenvalue weighted by atomic mass is 15.1. The van der Waals surface area contributed by atoms with Crippen LogP contribution in [0.2, 0.25) is 0 Å². The molecule has 1 aliphatic rings. The number of hydrogen-bond acceptors (Lipinski definition) is 2. The van der Waals surface area contributed by atoms with Crippen molar-refractivity contribution in [3.8, 4) is 0 Å². The van der Waals surface area contributed by atoms with E-state index in [1.54, 1.807) is 0 Å². The summed E-state index contributed by atoms with van der Waals surface area (Å²) in [7, 11) is 0. The maximum Gasteiger partial charge on any atom is 0.106 e. The molecule has 0 fully saturated rings. The number of hydrogen-bond donors (Lipinski definition) is 1. The van der Waals surface area contributed by atoms with Crippen LogP contribution in [0, 0.1) is 6.92 Å². The van der Waals surface area contributed by atoms with Gasteiger partial charge in [-0.15, -0.1) is 0 Å². The van der Waals surface area contributed by atoms with Gasteiger partial charge in [-0.05, 0) is 59.8 Å². The van der Waals surface area contributed by atoms with Gasteiger partial charge in [0.1, 0.15) is 5.82 Å². The van der Waals surface area contributed by atoms with Crippen molar-refractivity contribution in [1.82, 2.24) is 14.9 Å². The van der Waals surface area contributed by atoms with Crippen molar-refractivity contribution >= 4 is 0 Å². The fraction of sp³-hybridized carbons (Fsp3) is 0.812. The van der Waals surface area contributed by atoms with Crippen molar-refractivity contribution in [1.29, 1.82) is 0 Å². The lowest BCUT2D eigenvalue weighted by Crippen LogP contribution is -2.41. The molecule has 1 aromatic rings. The number of fused-ring (bicyclic) bond motifs is 1. The molecular formula is C16H29N3. The Balaban J connectivity index is 2.11. The van der Waals surface area contributed by atoms with Crippen LogP contribution in [0.15, 0.2) is 0 Å². The largest absolute Gasteiger partial charge is 0.328 e. The van der Waals surface area contributed by atoms with Crippen LogP contribution >= 0.6 is 0 Å². The summed E-state index contributed by atoms with van der Waals surface area (Å²) in [5.74, 6) is 1.19. The third-order valence-corrected chi connectivity index (χ3v) is 4.55. The van der Waals surface area contributed by atoms with Crippen LogP contribution in [0.5, 0.6) is 0 Å². The highest BCUT2D eigenvalue weighted by Gasteiger charge is 2.22. The van der Waals surface area contributed by atoms with E-state index in [1.807, 2.05) is 0 Å². The number of aromatic nitrogens is 2. The summed E-state index contributed by atoms with van der Waals surface area (Å²) in [5, 5.41) is 3.68. The third-order valence-electron chi connectivity index (χ3n) is 4.55. The lowest BCUT2D eigenvalue weighted by atomic mass is 10.00. The molecule has 1 aliphatic carbocycles. The predicted molar refractivity (Wildman–Crippen MR) is 80.7 cm³/mol. The normalized spacial score (nSPS) is 17.3. The van der Waals surface area contributed by atoms with E-state index in [0.717, 1.165) is 13.0 Å². The quantitative estimate of drug-likeness (QED) is 0.882. The molecule has 0 radical (unpaired) electrons. The minimum atomic E-state index is 0.225. The van der Waals surface area contributed by atoms with Gasteiger partial charge in [0.25, 0.3) is 0 Å². The van der Waals surface area contributed by atoms with Gasteiger partial charge in [0.2, 0.25) is 0 Å². The number of nitrogens with zero attached hydrogens (tertiary/aromatic N) is 2. The van der Waals surface area contributed by atoms with E-state index in [0.29, 0.717) is 6.04 Å². The highest BCUT2D eigenvalue weighted by Crippen LogP contribution is 2.25. The van der Waals surface area contributed by atoms with Gasteiger partial charge in [-0.3, -0.25) is 0 Å². The highest BCUT2D eigenvalue weighted by molar-refractivity contribution is 5.20. The second-order valence-electron chi connectivity index (χ2n) is 6.60. The predicted octanol–water partition coefficient (Wildman–Crippen LogP) is 3.41. The number of nitrogens with one attached hydrogen (secondary N) is 1. The van der Waals surface area contributed by atoms with Crippen molar-refractivity contribution in [3.63, 3.8) is 0 Å². The van der Waals surface area contributed by atoms with Crippen LogP contribution < -0.4 is 5.32 Å². The molecule has 0 aliphatic heterocycles.